The van der Waals surface area contributed by atoms with Crippen molar-refractivity contribution in [2.45, 2.75) is 38.0 Å². The number of carbonyl (C=O) groups is 1. The van der Waals surface area contributed by atoms with E-state index in [1.54, 1.807) is 0 Å². The van der Waals surface area contributed by atoms with Crippen LogP contribution in [0.4, 0.5) is 0 Å². The Morgan fingerprint density at radius 2 is 2.05 bits per heavy atom. The minimum Gasteiger partial charge on any atom is -0.481 e. The Labute approximate surface area is 131 Å². The smallest absolute Gasteiger partial charge is 0.303 e. The van der Waals surface area contributed by atoms with E-state index in [9.17, 15) is 4.79 Å². The van der Waals surface area contributed by atoms with Crippen LogP contribution in [0, 0.1) is 0 Å². The van der Waals surface area contributed by atoms with Crippen molar-refractivity contribution in [3.8, 4) is 5.69 Å². The van der Waals surface area contributed by atoms with Crippen molar-refractivity contribution in [1.29, 1.82) is 0 Å². The second-order valence-electron chi connectivity index (χ2n) is 5.48. The molecule has 1 N–H and O–H groups in total. The fraction of sp³-hybridized carbons (Fsp3) is 0.375. The van der Waals surface area contributed by atoms with Gasteiger partial charge in [0.1, 0.15) is 0 Å². The van der Waals surface area contributed by atoms with Gasteiger partial charge in [0, 0.05) is 12.3 Å². The van der Waals surface area contributed by atoms with Gasteiger partial charge in [-0.3, -0.25) is 4.79 Å². The van der Waals surface area contributed by atoms with Crippen LogP contribution in [0.15, 0.2) is 34.9 Å². The first kappa shape index (κ1) is 14.3. The van der Waals surface area contributed by atoms with Crippen molar-refractivity contribution in [2.75, 3.05) is 0 Å². The van der Waals surface area contributed by atoms with E-state index in [0.717, 1.165) is 16.6 Å². The third-order valence-electron chi connectivity index (χ3n) is 3.76. The van der Waals surface area contributed by atoms with Gasteiger partial charge in [0.15, 0.2) is 0 Å². The monoisotopic (exact) mass is 348 g/mol. The topological polar surface area (TPSA) is 55.1 Å². The van der Waals surface area contributed by atoms with E-state index in [1.807, 2.05) is 10.9 Å². The maximum atomic E-state index is 10.5. The van der Waals surface area contributed by atoms with Gasteiger partial charge in [-0.05, 0) is 59.3 Å². The molecule has 2 aromatic rings. The van der Waals surface area contributed by atoms with Crippen molar-refractivity contribution in [2.24, 2.45) is 0 Å². The van der Waals surface area contributed by atoms with Crippen molar-refractivity contribution >= 4 is 21.9 Å². The maximum absolute atomic E-state index is 10.5. The van der Waals surface area contributed by atoms with Crippen LogP contribution >= 0.6 is 15.9 Å². The molecule has 5 heteroatoms. The number of halogens is 1. The Hall–Kier alpha value is -1.62. The van der Waals surface area contributed by atoms with Gasteiger partial charge in [-0.2, -0.15) is 5.10 Å². The Morgan fingerprint density at radius 1 is 1.33 bits per heavy atom. The predicted octanol–water partition coefficient (Wildman–Crippen LogP) is 3.92. The molecule has 4 nitrogen and oxygen atoms in total. The first-order valence-electron chi connectivity index (χ1n) is 7.19. The Morgan fingerprint density at radius 3 is 2.67 bits per heavy atom. The normalized spacial score (nSPS) is 14.3. The lowest BCUT2D eigenvalue weighted by Crippen LogP contribution is -2.01. The molecule has 110 valence electrons. The number of hydrogen-bond acceptors (Lipinski definition) is 2. The van der Waals surface area contributed by atoms with Gasteiger partial charge in [0.2, 0.25) is 0 Å². The number of aromatic nitrogens is 2. The van der Waals surface area contributed by atoms with E-state index < -0.39 is 5.97 Å². The van der Waals surface area contributed by atoms with E-state index >= 15 is 0 Å². The van der Waals surface area contributed by atoms with Crippen LogP contribution in [0.5, 0.6) is 0 Å². The average molecular weight is 349 g/mol. The maximum Gasteiger partial charge on any atom is 0.303 e. The molecule has 0 spiro atoms. The summed E-state index contributed by atoms with van der Waals surface area (Å²) in [6, 6.07) is 8.23. The van der Waals surface area contributed by atoms with Crippen molar-refractivity contribution in [3.05, 3.63) is 46.2 Å². The summed E-state index contributed by atoms with van der Waals surface area (Å²) in [7, 11) is 0. The molecule has 1 aromatic heterocycles. The molecular formula is C16H17BrN2O2. The molecule has 1 heterocycles. The van der Waals surface area contributed by atoms with E-state index in [2.05, 4.69) is 45.3 Å². The van der Waals surface area contributed by atoms with Crippen LogP contribution in [-0.4, -0.2) is 20.9 Å². The SMILES string of the molecule is O=C(O)CCCc1ccc(-n2ncc(Br)c2C2CC2)cc1. The summed E-state index contributed by atoms with van der Waals surface area (Å²) < 4.78 is 3.08. The highest BCUT2D eigenvalue weighted by molar-refractivity contribution is 9.10. The second kappa shape index (κ2) is 6.02. The number of carboxylic acids is 1. The van der Waals surface area contributed by atoms with Crippen LogP contribution in [0.25, 0.3) is 5.69 Å². The van der Waals surface area contributed by atoms with E-state index in [4.69, 9.17) is 5.11 Å². The van der Waals surface area contributed by atoms with Crippen molar-refractivity contribution < 1.29 is 9.90 Å². The highest BCUT2D eigenvalue weighted by Gasteiger charge is 2.30. The molecule has 1 aliphatic carbocycles. The third kappa shape index (κ3) is 3.35. The molecule has 1 fully saturated rings. The van der Waals surface area contributed by atoms with E-state index in [-0.39, 0.29) is 6.42 Å². The summed E-state index contributed by atoms with van der Waals surface area (Å²) in [6.07, 6.45) is 6.02. The number of carboxylic acid groups (broad SMARTS) is 1. The van der Waals surface area contributed by atoms with Gasteiger partial charge < -0.3 is 5.11 Å². The fourth-order valence-corrected chi connectivity index (χ4v) is 3.10. The molecule has 1 aromatic carbocycles. The predicted molar refractivity (Wildman–Crippen MR) is 83.8 cm³/mol. The molecule has 0 radical (unpaired) electrons. The zero-order valence-electron chi connectivity index (χ0n) is 11.6. The molecule has 0 atom stereocenters. The number of aryl methyl sites for hydroxylation is 1. The van der Waals surface area contributed by atoms with Gasteiger partial charge in [-0.25, -0.2) is 4.68 Å². The largest absolute Gasteiger partial charge is 0.481 e. The van der Waals surface area contributed by atoms with E-state index in [0.29, 0.717) is 12.3 Å². The summed E-state index contributed by atoms with van der Waals surface area (Å²) in [4.78, 5) is 10.5. The highest BCUT2D eigenvalue weighted by atomic mass is 79.9. The second-order valence-corrected chi connectivity index (χ2v) is 6.33. The van der Waals surface area contributed by atoms with Crippen LogP contribution in [0.2, 0.25) is 0 Å². The fourth-order valence-electron chi connectivity index (χ4n) is 2.52. The van der Waals surface area contributed by atoms with Gasteiger partial charge in [-0.15, -0.1) is 0 Å². The summed E-state index contributed by atoms with van der Waals surface area (Å²) in [5, 5.41) is 13.1. The number of benzene rings is 1. The molecule has 1 aliphatic rings. The first-order chi connectivity index (χ1) is 10.1. The molecule has 0 amide bonds. The molecule has 0 bridgehead atoms. The zero-order chi connectivity index (χ0) is 14.8. The Balaban J connectivity index is 1.73. The number of nitrogens with zero attached hydrogens (tertiary/aromatic N) is 2. The van der Waals surface area contributed by atoms with Crippen LogP contribution < -0.4 is 0 Å². The quantitative estimate of drug-likeness (QED) is 0.860. The molecule has 3 rings (SSSR count). The summed E-state index contributed by atoms with van der Waals surface area (Å²) in [6.45, 7) is 0. The summed E-state index contributed by atoms with van der Waals surface area (Å²) in [5.41, 5.74) is 3.48. The van der Waals surface area contributed by atoms with Gasteiger partial charge in [-0.1, -0.05) is 12.1 Å². The molecule has 0 unspecified atom stereocenters. The number of hydrogen-bond donors (Lipinski definition) is 1. The molecule has 0 saturated heterocycles. The summed E-state index contributed by atoms with van der Waals surface area (Å²) in [5.74, 6) is -0.112. The standard InChI is InChI=1S/C16H17BrN2O2/c17-14-10-18-19(16(14)12-6-7-12)13-8-4-11(5-9-13)2-1-3-15(20)21/h4-5,8-10,12H,1-3,6-7H2,(H,20,21). The Kier molecular flexibility index (Phi) is 4.10. The van der Waals surface area contributed by atoms with Crippen LogP contribution in [0.3, 0.4) is 0 Å². The minimum atomic E-state index is -0.734. The lowest BCUT2D eigenvalue weighted by Gasteiger charge is -2.08. The van der Waals surface area contributed by atoms with Gasteiger partial charge >= 0.3 is 5.97 Å². The van der Waals surface area contributed by atoms with E-state index in [1.165, 1.54) is 24.1 Å². The molecule has 0 aliphatic heterocycles. The number of aliphatic carboxylic acids is 1. The lowest BCUT2D eigenvalue weighted by molar-refractivity contribution is -0.137. The first-order valence-corrected chi connectivity index (χ1v) is 7.99. The highest BCUT2D eigenvalue weighted by Crippen LogP contribution is 2.43. The minimum absolute atomic E-state index is 0.222. The lowest BCUT2D eigenvalue weighted by atomic mass is 10.1. The van der Waals surface area contributed by atoms with Gasteiger partial charge in [0.25, 0.3) is 0 Å². The van der Waals surface area contributed by atoms with Crippen molar-refractivity contribution in [3.63, 3.8) is 0 Å². The van der Waals surface area contributed by atoms with Gasteiger partial charge in [0.05, 0.1) is 22.1 Å². The average Bonchev–Trinajstić information content (AvgIpc) is 3.22. The van der Waals surface area contributed by atoms with Crippen LogP contribution in [-0.2, 0) is 11.2 Å². The number of rotatable bonds is 6. The zero-order valence-corrected chi connectivity index (χ0v) is 13.2. The molecular weight excluding hydrogens is 332 g/mol. The van der Waals surface area contributed by atoms with Crippen LogP contribution in [0.1, 0.15) is 42.9 Å². The molecule has 1 saturated carbocycles. The summed E-state index contributed by atoms with van der Waals surface area (Å²) >= 11 is 3.58. The Bertz CT molecular complexity index is 645. The van der Waals surface area contributed by atoms with Crippen molar-refractivity contribution in [1.82, 2.24) is 9.78 Å². The third-order valence-corrected chi connectivity index (χ3v) is 4.37. The molecule has 21 heavy (non-hydrogen) atoms.